The van der Waals surface area contributed by atoms with E-state index < -0.39 is 32.7 Å². The number of fused-ring (bicyclic) bond motifs is 1. The molecule has 7 nitrogen and oxygen atoms in total. The van der Waals surface area contributed by atoms with Gasteiger partial charge >= 0.3 is 6.09 Å². The van der Waals surface area contributed by atoms with Crippen LogP contribution in [-0.2, 0) is 14.6 Å². The maximum Gasteiger partial charge on any atom is 0.411 e. The predicted molar refractivity (Wildman–Crippen MR) is 112 cm³/mol. The molecule has 2 aromatic rings. The molecule has 0 saturated carbocycles. The number of aliphatic hydroxyl groups excluding tert-OH is 1. The van der Waals surface area contributed by atoms with Gasteiger partial charge < -0.3 is 9.84 Å². The van der Waals surface area contributed by atoms with Gasteiger partial charge in [0, 0.05) is 30.1 Å². The second-order valence-corrected chi connectivity index (χ2v) is 10.1. The lowest BCUT2D eigenvalue weighted by molar-refractivity contribution is 0.0212. The van der Waals surface area contributed by atoms with E-state index in [1.165, 1.54) is 18.3 Å². The molecule has 1 amide bonds. The minimum atomic E-state index is -4.14. The Labute approximate surface area is 176 Å². The Morgan fingerprint density at radius 2 is 1.97 bits per heavy atom. The average Bonchev–Trinajstić information content (AvgIpc) is 2.65. The van der Waals surface area contributed by atoms with Gasteiger partial charge in [-0.1, -0.05) is 19.1 Å². The molecule has 9 heteroatoms. The smallest absolute Gasteiger partial charge is 0.411 e. The molecule has 0 aliphatic heterocycles. The predicted octanol–water partition coefficient (Wildman–Crippen LogP) is 3.89. The third-order valence-electron chi connectivity index (χ3n) is 4.50. The first-order valence-corrected chi connectivity index (χ1v) is 11.4. The molecule has 0 aliphatic carbocycles. The lowest BCUT2D eigenvalue weighted by Gasteiger charge is -2.33. The van der Waals surface area contributed by atoms with E-state index in [0.29, 0.717) is 18.2 Å². The fourth-order valence-electron chi connectivity index (χ4n) is 3.22. The van der Waals surface area contributed by atoms with Gasteiger partial charge in [-0.2, -0.15) is 0 Å². The average molecular weight is 441 g/mol. The van der Waals surface area contributed by atoms with Crippen molar-refractivity contribution in [3.8, 4) is 0 Å². The standard InChI is InChI=1S/C21H29FN2O5S/c1-5-18(24(11-6-7-12-25)20(26)29-21(2,3)4)30(27,28)17-10-8-9-15-13-23-14-16(22)19(15)17/h8-10,13-14,18,25H,5-7,11-12H2,1-4H3/t18-/m0/s1. The summed E-state index contributed by atoms with van der Waals surface area (Å²) < 4.78 is 47.1. The molecular weight excluding hydrogens is 411 g/mol. The van der Waals surface area contributed by atoms with E-state index in [0.717, 1.165) is 11.1 Å². The number of pyridine rings is 1. The maximum absolute atomic E-state index is 14.5. The van der Waals surface area contributed by atoms with Gasteiger partial charge in [0.15, 0.2) is 15.7 Å². The highest BCUT2D eigenvalue weighted by Gasteiger charge is 2.37. The molecule has 0 aliphatic rings. The molecule has 166 valence electrons. The summed E-state index contributed by atoms with van der Waals surface area (Å²) in [6.45, 7) is 6.74. The number of aliphatic hydroxyl groups is 1. The number of halogens is 1. The number of unbranched alkanes of at least 4 members (excludes halogenated alkanes) is 1. The molecule has 0 saturated heterocycles. The number of carbonyl (C=O) groups excluding carboxylic acids is 1. The summed E-state index contributed by atoms with van der Waals surface area (Å²) >= 11 is 0. The van der Waals surface area contributed by atoms with Crippen LogP contribution in [0.4, 0.5) is 9.18 Å². The summed E-state index contributed by atoms with van der Waals surface area (Å²) in [5.74, 6) is -0.745. The molecule has 0 bridgehead atoms. The number of hydrogen-bond donors (Lipinski definition) is 1. The maximum atomic E-state index is 14.5. The zero-order chi connectivity index (χ0) is 22.5. The van der Waals surface area contributed by atoms with Crippen molar-refractivity contribution in [2.24, 2.45) is 0 Å². The third kappa shape index (κ3) is 5.46. The van der Waals surface area contributed by atoms with Crippen molar-refractivity contribution in [3.05, 3.63) is 36.4 Å². The van der Waals surface area contributed by atoms with E-state index >= 15 is 0 Å². The Bertz CT molecular complexity index is 983. The van der Waals surface area contributed by atoms with Crippen molar-refractivity contribution in [2.45, 2.75) is 62.8 Å². The summed E-state index contributed by atoms with van der Waals surface area (Å²) in [5.41, 5.74) is -0.814. The third-order valence-corrected chi connectivity index (χ3v) is 6.75. The van der Waals surface area contributed by atoms with Crippen LogP contribution in [0.3, 0.4) is 0 Å². The van der Waals surface area contributed by atoms with Crippen LogP contribution in [0.1, 0.15) is 47.0 Å². The van der Waals surface area contributed by atoms with Gasteiger partial charge in [-0.05, 0) is 46.1 Å². The van der Waals surface area contributed by atoms with E-state index in [1.54, 1.807) is 33.8 Å². The van der Waals surface area contributed by atoms with E-state index in [9.17, 15) is 17.6 Å². The van der Waals surface area contributed by atoms with Gasteiger partial charge in [-0.15, -0.1) is 0 Å². The molecule has 1 heterocycles. The zero-order valence-electron chi connectivity index (χ0n) is 17.8. The lowest BCUT2D eigenvalue weighted by atomic mass is 10.2. The topological polar surface area (TPSA) is 96.8 Å². The fraction of sp³-hybridized carbons (Fsp3) is 0.524. The number of amides is 1. The van der Waals surface area contributed by atoms with Gasteiger partial charge in [0.25, 0.3) is 0 Å². The molecular formula is C21H29FN2O5S. The van der Waals surface area contributed by atoms with E-state index in [4.69, 9.17) is 9.84 Å². The number of hydrogen-bond acceptors (Lipinski definition) is 6. The Balaban J connectivity index is 2.55. The number of ether oxygens (including phenoxy) is 1. The minimum absolute atomic E-state index is 0.0505. The van der Waals surface area contributed by atoms with Gasteiger partial charge in [0.2, 0.25) is 0 Å². The van der Waals surface area contributed by atoms with Crippen molar-refractivity contribution >= 4 is 26.7 Å². The van der Waals surface area contributed by atoms with Crippen LogP contribution in [0, 0.1) is 5.82 Å². The molecule has 1 N–H and O–H groups in total. The molecule has 2 rings (SSSR count). The number of benzene rings is 1. The summed E-state index contributed by atoms with van der Waals surface area (Å²) in [5, 5.41) is 8.15. The van der Waals surface area contributed by atoms with E-state index in [2.05, 4.69) is 4.98 Å². The molecule has 0 fully saturated rings. The molecule has 1 aromatic heterocycles. The Kier molecular flexibility index (Phi) is 7.76. The van der Waals surface area contributed by atoms with E-state index in [1.807, 2.05) is 0 Å². The van der Waals surface area contributed by atoms with Crippen LogP contribution in [0.5, 0.6) is 0 Å². The molecule has 0 unspecified atom stereocenters. The van der Waals surface area contributed by atoms with Gasteiger partial charge in [-0.25, -0.2) is 17.6 Å². The first-order valence-electron chi connectivity index (χ1n) is 9.89. The zero-order valence-corrected chi connectivity index (χ0v) is 18.6. The Morgan fingerprint density at radius 1 is 1.27 bits per heavy atom. The molecule has 1 atom stereocenters. The highest BCUT2D eigenvalue weighted by molar-refractivity contribution is 7.92. The number of sulfone groups is 1. The fourth-order valence-corrected chi connectivity index (χ4v) is 5.24. The molecule has 30 heavy (non-hydrogen) atoms. The minimum Gasteiger partial charge on any atom is -0.444 e. The van der Waals surface area contributed by atoms with Crippen molar-refractivity contribution < 1.29 is 27.4 Å². The first-order chi connectivity index (χ1) is 14.0. The summed E-state index contributed by atoms with van der Waals surface area (Å²) in [6.07, 6.45) is 2.49. The van der Waals surface area contributed by atoms with Gasteiger partial charge in [-0.3, -0.25) is 9.88 Å². The summed E-state index contributed by atoms with van der Waals surface area (Å²) in [7, 11) is -4.14. The molecule has 1 aromatic carbocycles. The normalized spacial score (nSPS) is 13.3. The Morgan fingerprint density at radius 3 is 2.57 bits per heavy atom. The second kappa shape index (κ2) is 9.70. The highest BCUT2D eigenvalue weighted by atomic mass is 32.2. The number of aromatic nitrogens is 1. The quantitative estimate of drug-likeness (QED) is 0.626. The summed E-state index contributed by atoms with van der Waals surface area (Å²) in [6, 6.07) is 4.44. The highest BCUT2D eigenvalue weighted by Crippen LogP contribution is 2.30. The van der Waals surface area contributed by atoms with Crippen LogP contribution >= 0.6 is 0 Å². The number of rotatable bonds is 8. The monoisotopic (exact) mass is 440 g/mol. The van der Waals surface area contributed by atoms with Crippen molar-refractivity contribution in [3.63, 3.8) is 0 Å². The van der Waals surface area contributed by atoms with Crippen molar-refractivity contribution in [1.29, 1.82) is 0 Å². The Hall–Kier alpha value is -2.26. The molecule has 0 radical (unpaired) electrons. The first kappa shape index (κ1) is 24.0. The van der Waals surface area contributed by atoms with E-state index in [-0.39, 0.29) is 29.9 Å². The summed E-state index contributed by atoms with van der Waals surface area (Å²) in [4.78, 5) is 17.6. The number of carbonyl (C=O) groups is 1. The second-order valence-electron chi connectivity index (χ2n) is 7.99. The van der Waals surface area contributed by atoms with Gasteiger partial charge in [0.1, 0.15) is 11.0 Å². The van der Waals surface area contributed by atoms with Crippen molar-refractivity contribution in [1.82, 2.24) is 9.88 Å². The molecule has 0 spiro atoms. The van der Waals surface area contributed by atoms with Crippen LogP contribution in [0.25, 0.3) is 10.8 Å². The lowest BCUT2D eigenvalue weighted by Crippen LogP contribution is -2.47. The SMILES string of the molecule is CC[C@@H](N(CCCCO)C(=O)OC(C)(C)C)S(=O)(=O)c1cccc2cncc(F)c12. The van der Waals surface area contributed by atoms with Crippen LogP contribution in [0.2, 0.25) is 0 Å². The number of nitrogens with zero attached hydrogens (tertiary/aromatic N) is 2. The largest absolute Gasteiger partial charge is 0.444 e. The van der Waals surface area contributed by atoms with Crippen LogP contribution in [0.15, 0.2) is 35.5 Å². The van der Waals surface area contributed by atoms with Crippen molar-refractivity contribution in [2.75, 3.05) is 13.2 Å². The van der Waals surface area contributed by atoms with Crippen LogP contribution in [-0.4, -0.2) is 53.6 Å². The van der Waals surface area contributed by atoms with Crippen LogP contribution < -0.4 is 0 Å². The van der Waals surface area contributed by atoms with Gasteiger partial charge in [0.05, 0.1) is 11.1 Å².